The summed E-state index contributed by atoms with van der Waals surface area (Å²) in [6.07, 6.45) is 1.99. The monoisotopic (exact) mass is 97.1 g/mol. The minimum atomic E-state index is 0.667. The fourth-order valence-electron chi connectivity index (χ4n) is 0.604. The van der Waals surface area contributed by atoms with Gasteiger partial charge in [-0.1, -0.05) is 13.0 Å². The molecule has 0 aromatic rings. The molecule has 1 rings (SSSR count). The van der Waals surface area contributed by atoms with Crippen molar-refractivity contribution >= 4 is 0 Å². The van der Waals surface area contributed by atoms with Crippen LogP contribution in [0.25, 0.3) is 0 Å². The smallest absolute Gasteiger partial charge is 0.0253 e. The molecule has 0 aromatic heterocycles. The Hall–Kier alpha value is -0.300. The van der Waals surface area contributed by atoms with E-state index < -0.39 is 0 Å². The van der Waals surface area contributed by atoms with Gasteiger partial charge in [-0.05, 0) is 5.92 Å². The average molecular weight is 97.2 g/mol. The normalized spacial score (nSPS) is 31.9. The predicted molar refractivity (Wildman–Crippen MR) is 31.2 cm³/mol. The van der Waals surface area contributed by atoms with E-state index in [0.717, 1.165) is 6.04 Å². The lowest BCUT2D eigenvalue weighted by atomic mass is 10.1. The number of nitrogens with one attached hydrogen (secondary N) is 1. The van der Waals surface area contributed by atoms with E-state index in [1.54, 1.807) is 0 Å². The Morgan fingerprint density at radius 2 is 2.57 bits per heavy atom. The highest BCUT2D eigenvalue weighted by Crippen LogP contribution is 2.10. The Morgan fingerprint density at radius 3 is 2.71 bits per heavy atom. The molecule has 1 N–H and O–H groups in total. The van der Waals surface area contributed by atoms with E-state index >= 15 is 0 Å². The maximum Gasteiger partial charge on any atom is 0.0253 e. The van der Waals surface area contributed by atoms with Crippen LogP contribution in [0.3, 0.4) is 0 Å². The SMILES string of the molecule is C=CC(C)C1CN1. The van der Waals surface area contributed by atoms with E-state index in [1.165, 1.54) is 6.54 Å². The van der Waals surface area contributed by atoms with Crippen molar-refractivity contribution < 1.29 is 0 Å². The number of hydrogen-bond donors (Lipinski definition) is 1. The minimum Gasteiger partial charge on any atom is -0.311 e. The molecule has 2 atom stereocenters. The fourth-order valence-corrected chi connectivity index (χ4v) is 0.604. The van der Waals surface area contributed by atoms with Gasteiger partial charge in [0.1, 0.15) is 0 Å². The van der Waals surface area contributed by atoms with Crippen LogP contribution in [0.1, 0.15) is 6.92 Å². The van der Waals surface area contributed by atoms with Crippen molar-refractivity contribution in [3.63, 3.8) is 0 Å². The first-order valence-corrected chi connectivity index (χ1v) is 2.70. The second-order valence-electron chi connectivity index (χ2n) is 2.11. The van der Waals surface area contributed by atoms with Crippen molar-refractivity contribution in [2.45, 2.75) is 13.0 Å². The molecule has 0 saturated carbocycles. The molecule has 7 heavy (non-hydrogen) atoms. The van der Waals surface area contributed by atoms with Gasteiger partial charge in [0.05, 0.1) is 0 Å². The van der Waals surface area contributed by atoms with Gasteiger partial charge in [-0.25, -0.2) is 0 Å². The van der Waals surface area contributed by atoms with E-state index in [2.05, 4.69) is 18.8 Å². The third kappa shape index (κ3) is 1.03. The molecular formula is C6H11N. The molecule has 1 aliphatic rings. The van der Waals surface area contributed by atoms with Gasteiger partial charge in [-0.3, -0.25) is 0 Å². The zero-order valence-corrected chi connectivity index (χ0v) is 4.65. The van der Waals surface area contributed by atoms with E-state index in [1.807, 2.05) is 6.08 Å². The highest BCUT2D eigenvalue weighted by atomic mass is 15.1. The molecular weight excluding hydrogens is 86.1 g/mol. The zero-order valence-electron chi connectivity index (χ0n) is 4.65. The van der Waals surface area contributed by atoms with Gasteiger partial charge in [0, 0.05) is 12.6 Å². The van der Waals surface area contributed by atoms with Crippen molar-refractivity contribution in [3.05, 3.63) is 12.7 Å². The van der Waals surface area contributed by atoms with Crippen LogP contribution in [-0.4, -0.2) is 12.6 Å². The summed E-state index contributed by atoms with van der Waals surface area (Å²) >= 11 is 0. The maximum absolute atomic E-state index is 3.68. The Labute approximate surface area is 44.4 Å². The second kappa shape index (κ2) is 1.66. The molecule has 2 unspecified atom stereocenters. The molecule has 0 amide bonds. The number of hydrogen-bond acceptors (Lipinski definition) is 1. The summed E-state index contributed by atoms with van der Waals surface area (Å²) in [6.45, 7) is 7.05. The second-order valence-corrected chi connectivity index (χ2v) is 2.11. The lowest BCUT2D eigenvalue weighted by Gasteiger charge is -1.95. The Morgan fingerprint density at radius 1 is 2.00 bits per heavy atom. The Kier molecular flexibility index (Phi) is 1.15. The molecule has 0 spiro atoms. The first-order valence-electron chi connectivity index (χ1n) is 2.70. The molecule has 1 fully saturated rings. The summed E-state index contributed by atoms with van der Waals surface area (Å²) in [4.78, 5) is 0. The highest BCUT2D eigenvalue weighted by Gasteiger charge is 2.23. The van der Waals surface area contributed by atoms with E-state index in [-0.39, 0.29) is 0 Å². The fraction of sp³-hybridized carbons (Fsp3) is 0.667. The lowest BCUT2D eigenvalue weighted by Crippen LogP contribution is -2.00. The molecule has 0 bridgehead atoms. The van der Waals surface area contributed by atoms with E-state index in [0.29, 0.717) is 5.92 Å². The molecule has 1 heterocycles. The van der Waals surface area contributed by atoms with Crippen LogP contribution in [0.5, 0.6) is 0 Å². The van der Waals surface area contributed by atoms with Crippen LogP contribution >= 0.6 is 0 Å². The molecule has 40 valence electrons. The Bertz CT molecular complexity index is 74.2. The summed E-state index contributed by atoms with van der Waals surface area (Å²) in [7, 11) is 0. The standard InChI is InChI=1S/C6H11N/c1-3-5(2)6-4-7-6/h3,5-7H,1,4H2,2H3. The molecule has 1 saturated heterocycles. The van der Waals surface area contributed by atoms with E-state index in [4.69, 9.17) is 0 Å². The van der Waals surface area contributed by atoms with Gasteiger partial charge in [0.25, 0.3) is 0 Å². The number of rotatable bonds is 2. The van der Waals surface area contributed by atoms with Crippen molar-refractivity contribution in [2.75, 3.05) is 6.54 Å². The average Bonchev–Trinajstić information content (AvgIpc) is 2.44. The van der Waals surface area contributed by atoms with Crippen LogP contribution in [-0.2, 0) is 0 Å². The van der Waals surface area contributed by atoms with Gasteiger partial charge < -0.3 is 5.32 Å². The molecule has 1 aliphatic heterocycles. The first kappa shape index (κ1) is 4.85. The van der Waals surface area contributed by atoms with Gasteiger partial charge >= 0.3 is 0 Å². The van der Waals surface area contributed by atoms with Gasteiger partial charge in [0.15, 0.2) is 0 Å². The van der Waals surface area contributed by atoms with Crippen molar-refractivity contribution in [2.24, 2.45) is 5.92 Å². The summed E-state index contributed by atoms with van der Waals surface area (Å²) in [5.74, 6) is 0.667. The molecule has 1 heteroatoms. The largest absolute Gasteiger partial charge is 0.311 e. The van der Waals surface area contributed by atoms with E-state index in [9.17, 15) is 0 Å². The topological polar surface area (TPSA) is 21.9 Å². The third-order valence-electron chi connectivity index (χ3n) is 1.45. The van der Waals surface area contributed by atoms with Crippen LogP contribution < -0.4 is 5.32 Å². The molecule has 1 nitrogen and oxygen atoms in total. The summed E-state index contributed by atoms with van der Waals surface area (Å²) in [6, 6.07) is 0.748. The third-order valence-corrected chi connectivity index (χ3v) is 1.45. The van der Waals surface area contributed by atoms with Crippen LogP contribution in [0, 0.1) is 5.92 Å². The lowest BCUT2D eigenvalue weighted by molar-refractivity contribution is 0.708. The van der Waals surface area contributed by atoms with Crippen molar-refractivity contribution in [1.82, 2.24) is 5.32 Å². The quantitative estimate of drug-likeness (QED) is 0.399. The maximum atomic E-state index is 3.68. The summed E-state index contributed by atoms with van der Waals surface area (Å²) < 4.78 is 0. The summed E-state index contributed by atoms with van der Waals surface area (Å²) in [5.41, 5.74) is 0. The predicted octanol–water partition coefficient (Wildman–Crippen LogP) is 0.780. The molecule has 0 aromatic carbocycles. The van der Waals surface area contributed by atoms with Crippen molar-refractivity contribution in [1.29, 1.82) is 0 Å². The van der Waals surface area contributed by atoms with Gasteiger partial charge in [-0.15, -0.1) is 6.58 Å². The van der Waals surface area contributed by atoms with Crippen LogP contribution in [0.4, 0.5) is 0 Å². The minimum absolute atomic E-state index is 0.667. The highest BCUT2D eigenvalue weighted by molar-refractivity contribution is 4.95. The summed E-state index contributed by atoms with van der Waals surface area (Å²) in [5, 5.41) is 3.21. The van der Waals surface area contributed by atoms with Crippen molar-refractivity contribution in [3.8, 4) is 0 Å². The van der Waals surface area contributed by atoms with Crippen LogP contribution in [0.15, 0.2) is 12.7 Å². The Balaban J connectivity index is 2.22. The molecule has 0 radical (unpaired) electrons. The first-order chi connectivity index (χ1) is 3.34. The van der Waals surface area contributed by atoms with Crippen LogP contribution in [0.2, 0.25) is 0 Å². The molecule has 0 aliphatic carbocycles. The zero-order chi connectivity index (χ0) is 5.28. The van der Waals surface area contributed by atoms with Gasteiger partial charge in [-0.2, -0.15) is 0 Å². The van der Waals surface area contributed by atoms with Gasteiger partial charge in [0.2, 0.25) is 0 Å².